The Balaban J connectivity index is 1.63. The predicted octanol–water partition coefficient (Wildman–Crippen LogP) is 2.95. The molecule has 2 N–H and O–H groups in total. The van der Waals surface area contributed by atoms with Crippen molar-refractivity contribution in [1.82, 2.24) is 10.6 Å². The van der Waals surface area contributed by atoms with Gasteiger partial charge in [0.05, 0.1) is 13.1 Å². The van der Waals surface area contributed by atoms with E-state index >= 15 is 0 Å². The first kappa shape index (κ1) is 17.2. The van der Waals surface area contributed by atoms with Crippen LogP contribution in [0.5, 0.6) is 0 Å². The molecule has 126 valence electrons. The highest BCUT2D eigenvalue weighted by atomic mass is 19.3. The third-order valence-electron chi connectivity index (χ3n) is 4.10. The topological polar surface area (TPSA) is 50.4 Å². The number of carbonyl (C=O) groups is 1. The summed E-state index contributed by atoms with van der Waals surface area (Å²) in [4.78, 5) is 11.4. The van der Waals surface area contributed by atoms with Crippen LogP contribution in [0.3, 0.4) is 0 Å². The van der Waals surface area contributed by atoms with E-state index < -0.39 is 30.7 Å². The number of ether oxygens (including phenoxy) is 1. The molecule has 1 saturated carbocycles. The molecule has 2 aliphatic rings. The van der Waals surface area contributed by atoms with Crippen molar-refractivity contribution in [3.05, 3.63) is 12.2 Å². The molecule has 0 aliphatic heterocycles. The van der Waals surface area contributed by atoms with Crippen molar-refractivity contribution in [1.29, 1.82) is 0 Å². The van der Waals surface area contributed by atoms with Crippen LogP contribution in [0.1, 0.15) is 33.6 Å². The maximum Gasteiger partial charge on any atom is 0.407 e. The van der Waals surface area contributed by atoms with Crippen LogP contribution >= 0.6 is 0 Å². The zero-order chi connectivity index (χ0) is 16.4. The Bertz CT molecular complexity index is 432. The lowest BCUT2D eigenvalue weighted by Gasteiger charge is -2.23. The number of alkyl carbamates (subject to hydrolysis) is 1. The van der Waals surface area contributed by atoms with Crippen molar-refractivity contribution < 1.29 is 18.3 Å². The van der Waals surface area contributed by atoms with Crippen molar-refractivity contribution in [2.75, 3.05) is 19.6 Å². The lowest BCUT2D eigenvalue weighted by molar-refractivity contribution is -0.00422. The van der Waals surface area contributed by atoms with Crippen LogP contribution in [0.4, 0.5) is 13.6 Å². The van der Waals surface area contributed by atoms with Crippen molar-refractivity contribution >= 4 is 6.09 Å². The Hall–Kier alpha value is -1.17. The average Bonchev–Trinajstić information content (AvgIpc) is 2.96. The van der Waals surface area contributed by atoms with Crippen LogP contribution in [0.25, 0.3) is 0 Å². The van der Waals surface area contributed by atoms with Gasteiger partial charge in [0.25, 0.3) is 5.92 Å². The van der Waals surface area contributed by atoms with Crippen LogP contribution < -0.4 is 10.6 Å². The van der Waals surface area contributed by atoms with Gasteiger partial charge in [0.2, 0.25) is 0 Å². The Morgan fingerprint density at radius 2 is 1.95 bits per heavy atom. The van der Waals surface area contributed by atoms with Crippen molar-refractivity contribution in [2.45, 2.75) is 45.1 Å². The van der Waals surface area contributed by atoms with E-state index in [9.17, 15) is 13.6 Å². The van der Waals surface area contributed by atoms with Crippen LogP contribution in [0.2, 0.25) is 0 Å². The summed E-state index contributed by atoms with van der Waals surface area (Å²) in [6.07, 6.45) is 5.90. The summed E-state index contributed by atoms with van der Waals surface area (Å²) in [6.45, 7) is 4.53. The Morgan fingerprint density at radius 3 is 2.50 bits per heavy atom. The van der Waals surface area contributed by atoms with Gasteiger partial charge in [0.15, 0.2) is 0 Å². The fourth-order valence-corrected chi connectivity index (χ4v) is 3.15. The predicted molar refractivity (Wildman–Crippen MR) is 80.9 cm³/mol. The number of rotatable bonds is 6. The van der Waals surface area contributed by atoms with E-state index in [1.807, 2.05) is 0 Å². The molecule has 4 nitrogen and oxygen atoms in total. The molecule has 22 heavy (non-hydrogen) atoms. The largest absolute Gasteiger partial charge is 0.444 e. The lowest BCUT2D eigenvalue weighted by Crippen LogP contribution is -2.45. The minimum absolute atomic E-state index is 0.430. The minimum Gasteiger partial charge on any atom is -0.444 e. The SMILES string of the molecule is CC(C)(C)OC(=O)NCC(F)(F)CNCC1CC2C=CC1C2. The van der Waals surface area contributed by atoms with E-state index in [0.717, 1.165) is 6.42 Å². The van der Waals surface area contributed by atoms with E-state index in [-0.39, 0.29) is 0 Å². The summed E-state index contributed by atoms with van der Waals surface area (Å²) in [5, 5.41) is 4.97. The van der Waals surface area contributed by atoms with E-state index in [1.54, 1.807) is 20.8 Å². The van der Waals surface area contributed by atoms with Gasteiger partial charge in [-0.05, 0) is 57.9 Å². The highest BCUT2D eigenvalue weighted by molar-refractivity contribution is 5.67. The molecule has 2 aliphatic carbocycles. The third kappa shape index (κ3) is 5.23. The van der Waals surface area contributed by atoms with Gasteiger partial charge in [-0.1, -0.05) is 12.2 Å². The molecule has 0 spiro atoms. The number of amides is 1. The first-order valence-corrected chi connectivity index (χ1v) is 7.88. The molecule has 0 saturated heterocycles. The van der Waals surface area contributed by atoms with Gasteiger partial charge in [0, 0.05) is 0 Å². The molecule has 0 aromatic heterocycles. The molecule has 2 bridgehead atoms. The van der Waals surface area contributed by atoms with Gasteiger partial charge in [-0.15, -0.1) is 0 Å². The van der Waals surface area contributed by atoms with Gasteiger partial charge in [-0.2, -0.15) is 0 Å². The van der Waals surface area contributed by atoms with Gasteiger partial charge < -0.3 is 15.4 Å². The van der Waals surface area contributed by atoms with Crippen molar-refractivity contribution in [2.24, 2.45) is 17.8 Å². The number of nitrogens with one attached hydrogen (secondary N) is 2. The zero-order valence-electron chi connectivity index (χ0n) is 13.5. The molecule has 0 heterocycles. The number of hydrogen-bond acceptors (Lipinski definition) is 3. The number of carbonyl (C=O) groups excluding carboxylic acids is 1. The van der Waals surface area contributed by atoms with Gasteiger partial charge in [-0.25, -0.2) is 13.6 Å². The molecule has 0 aromatic carbocycles. The van der Waals surface area contributed by atoms with Gasteiger partial charge in [0.1, 0.15) is 5.60 Å². The van der Waals surface area contributed by atoms with Crippen molar-refractivity contribution in [3.8, 4) is 0 Å². The molecule has 0 aromatic rings. The van der Waals surface area contributed by atoms with E-state index in [4.69, 9.17) is 4.74 Å². The van der Waals surface area contributed by atoms with E-state index in [0.29, 0.717) is 24.3 Å². The van der Waals surface area contributed by atoms with Gasteiger partial charge >= 0.3 is 6.09 Å². The van der Waals surface area contributed by atoms with E-state index in [2.05, 4.69) is 22.8 Å². The monoisotopic (exact) mass is 316 g/mol. The highest BCUT2D eigenvalue weighted by Crippen LogP contribution is 2.42. The molecular weight excluding hydrogens is 290 g/mol. The van der Waals surface area contributed by atoms with Crippen molar-refractivity contribution in [3.63, 3.8) is 0 Å². The molecular formula is C16H26F2N2O2. The molecule has 6 heteroatoms. The molecule has 0 radical (unpaired) electrons. The molecule has 1 fully saturated rings. The number of hydrogen-bond donors (Lipinski definition) is 2. The fraction of sp³-hybridized carbons (Fsp3) is 0.812. The summed E-state index contributed by atoms with van der Waals surface area (Å²) in [7, 11) is 0. The molecule has 2 rings (SSSR count). The second-order valence-corrected chi connectivity index (χ2v) is 7.38. The second-order valence-electron chi connectivity index (χ2n) is 7.38. The maximum absolute atomic E-state index is 13.7. The van der Waals surface area contributed by atoms with Crippen LogP contribution in [-0.4, -0.2) is 37.3 Å². The number of alkyl halides is 2. The summed E-state index contributed by atoms with van der Waals surface area (Å²) in [6, 6.07) is 0. The minimum atomic E-state index is -2.98. The van der Waals surface area contributed by atoms with E-state index in [1.165, 1.54) is 6.42 Å². The molecule has 1 amide bonds. The zero-order valence-corrected chi connectivity index (χ0v) is 13.5. The quantitative estimate of drug-likeness (QED) is 0.741. The smallest absolute Gasteiger partial charge is 0.407 e. The van der Waals surface area contributed by atoms with Crippen LogP contribution in [0, 0.1) is 17.8 Å². The lowest BCUT2D eigenvalue weighted by atomic mass is 9.93. The summed E-state index contributed by atoms with van der Waals surface area (Å²) < 4.78 is 32.4. The standard InChI is InChI=1S/C16H26F2N2O2/c1-15(2,3)22-14(21)20-10-16(17,18)9-19-8-13-7-11-4-5-12(13)6-11/h4-5,11-13,19H,6-10H2,1-3H3,(H,20,21). The Kier molecular flexibility index (Phi) is 5.10. The maximum atomic E-state index is 13.7. The Labute approximate surface area is 130 Å². The average molecular weight is 316 g/mol. The summed E-state index contributed by atoms with van der Waals surface area (Å²) >= 11 is 0. The van der Waals surface area contributed by atoms with Crippen LogP contribution in [-0.2, 0) is 4.74 Å². The number of fused-ring (bicyclic) bond motifs is 2. The molecule has 3 unspecified atom stereocenters. The number of halogens is 2. The Morgan fingerprint density at radius 1 is 1.23 bits per heavy atom. The van der Waals surface area contributed by atoms with Crippen LogP contribution in [0.15, 0.2) is 12.2 Å². The third-order valence-corrected chi connectivity index (χ3v) is 4.10. The first-order chi connectivity index (χ1) is 10.1. The fourth-order valence-electron chi connectivity index (χ4n) is 3.15. The van der Waals surface area contributed by atoms with Gasteiger partial charge in [-0.3, -0.25) is 0 Å². The molecule has 3 atom stereocenters. The second kappa shape index (κ2) is 6.52. The normalized spacial score (nSPS) is 27.2. The first-order valence-electron chi connectivity index (χ1n) is 7.88. The summed E-state index contributed by atoms with van der Waals surface area (Å²) in [5.74, 6) is -1.33. The summed E-state index contributed by atoms with van der Waals surface area (Å²) in [5.41, 5.74) is -0.688. The number of allylic oxidation sites excluding steroid dienone is 2. The highest BCUT2D eigenvalue weighted by Gasteiger charge is 2.36.